The number of aromatic carboxylic acids is 1. The van der Waals surface area contributed by atoms with Crippen LogP contribution in [0.2, 0.25) is 0 Å². The highest BCUT2D eigenvalue weighted by atomic mass is 19.3. The number of carbonyl (C=O) groups is 1. The number of alkyl halides is 2. The van der Waals surface area contributed by atoms with E-state index in [1.165, 1.54) is 6.92 Å². The summed E-state index contributed by atoms with van der Waals surface area (Å²) >= 11 is 0. The van der Waals surface area contributed by atoms with Crippen LogP contribution in [0, 0.1) is 6.92 Å². The summed E-state index contributed by atoms with van der Waals surface area (Å²) in [7, 11) is 0. The van der Waals surface area contributed by atoms with Gasteiger partial charge in [0.05, 0.1) is 0 Å². The zero-order valence-electron chi connectivity index (χ0n) is 9.52. The molecule has 0 heterocycles. The van der Waals surface area contributed by atoms with E-state index in [4.69, 9.17) is 15.9 Å². The number of nitrogens with two attached hydrogens (primary N) is 1. The summed E-state index contributed by atoms with van der Waals surface area (Å²) in [6.07, 6.45) is 0. The zero-order chi connectivity index (χ0) is 14.1. The van der Waals surface area contributed by atoms with Gasteiger partial charge in [-0.3, -0.25) is 0 Å². The van der Waals surface area contributed by atoms with Gasteiger partial charge in [0.25, 0.3) is 5.92 Å². The maximum absolute atomic E-state index is 13.2. The van der Waals surface area contributed by atoms with E-state index >= 15 is 0 Å². The molecule has 0 spiro atoms. The lowest BCUT2D eigenvalue weighted by Gasteiger charge is -2.23. The third kappa shape index (κ3) is 2.57. The first kappa shape index (κ1) is 14.3. The maximum Gasteiger partial charge on any atom is 0.339 e. The number of hydrogen-bond acceptors (Lipinski definition) is 4. The van der Waals surface area contributed by atoms with Crippen molar-refractivity contribution in [2.24, 2.45) is 5.73 Å². The molecule has 100 valence electrons. The van der Waals surface area contributed by atoms with Crippen molar-refractivity contribution in [1.29, 1.82) is 0 Å². The third-order valence-corrected chi connectivity index (χ3v) is 2.52. The molecule has 0 aliphatic carbocycles. The number of carboxylic acid groups (broad SMARTS) is 1. The molecular formula is C11H13F2NO4. The summed E-state index contributed by atoms with van der Waals surface area (Å²) in [6.45, 7) is -0.0108. The Balaban J connectivity index is 3.37. The molecule has 0 aromatic heterocycles. The number of aliphatic hydroxyl groups is 1. The number of phenols is 1. The van der Waals surface area contributed by atoms with Gasteiger partial charge in [0.1, 0.15) is 24.0 Å². The molecule has 7 heteroatoms. The van der Waals surface area contributed by atoms with Gasteiger partial charge in [0, 0.05) is 5.56 Å². The minimum absolute atomic E-state index is 0.365. The largest absolute Gasteiger partial charge is 0.507 e. The Morgan fingerprint density at radius 1 is 1.50 bits per heavy atom. The van der Waals surface area contributed by atoms with Crippen molar-refractivity contribution in [1.82, 2.24) is 0 Å². The fourth-order valence-electron chi connectivity index (χ4n) is 1.53. The number of aliphatic hydroxyl groups excluding tert-OH is 1. The predicted molar refractivity (Wildman–Crippen MR) is 58.8 cm³/mol. The molecule has 0 radical (unpaired) electrons. The van der Waals surface area contributed by atoms with Crippen LogP contribution in [0.25, 0.3) is 0 Å². The van der Waals surface area contributed by atoms with Crippen LogP contribution < -0.4 is 5.73 Å². The molecule has 0 fully saturated rings. The molecule has 0 saturated heterocycles. The molecule has 0 unspecified atom stereocenters. The third-order valence-electron chi connectivity index (χ3n) is 2.52. The maximum atomic E-state index is 13.2. The quantitative estimate of drug-likeness (QED) is 0.648. The smallest absolute Gasteiger partial charge is 0.339 e. The number of aromatic hydroxyl groups is 1. The zero-order valence-corrected chi connectivity index (χ0v) is 9.52. The molecule has 5 nitrogen and oxygen atoms in total. The first-order valence-corrected chi connectivity index (χ1v) is 5.01. The first-order valence-electron chi connectivity index (χ1n) is 5.01. The van der Waals surface area contributed by atoms with Gasteiger partial charge in [-0.15, -0.1) is 0 Å². The highest BCUT2D eigenvalue weighted by molar-refractivity contribution is 5.91. The van der Waals surface area contributed by atoms with E-state index in [0.29, 0.717) is 5.56 Å². The topological polar surface area (TPSA) is 104 Å². The van der Waals surface area contributed by atoms with Crippen molar-refractivity contribution in [3.8, 4) is 5.75 Å². The van der Waals surface area contributed by atoms with E-state index in [-0.39, 0.29) is 0 Å². The van der Waals surface area contributed by atoms with Crippen LogP contribution in [0.5, 0.6) is 5.75 Å². The van der Waals surface area contributed by atoms with E-state index in [0.717, 1.165) is 12.1 Å². The Morgan fingerprint density at radius 2 is 2.06 bits per heavy atom. The molecule has 0 bridgehead atoms. The molecular weight excluding hydrogens is 248 g/mol. The van der Waals surface area contributed by atoms with Crippen molar-refractivity contribution < 1.29 is 28.9 Å². The second-order valence-electron chi connectivity index (χ2n) is 3.95. The SMILES string of the molecule is Cc1cc(C(=O)O)c(O)c([C@@H](N)C(F)(F)CO)c1. The summed E-state index contributed by atoms with van der Waals surface area (Å²) in [5.41, 5.74) is 4.71. The van der Waals surface area contributed by atoms with Gasteiger partial charge in [0.15, 0.2) is 0 Å². The summed E-state index contributed by atoms with van der Waals surface area (Å²) < 4.78 is 26.5. The van der Waals surface area contributed by atoms with E-state index in [1.807, 2.05) is 0 Å². The second kappa shape index (κ2) is 4.87. The van der Waals surface area contributed by atoms with Gasteiger partial charge in [-0.1, -0.05) is 6.07 Å². The highest BCUT2D eigenvalue weighted by Crippen LogP contribution is 2.36. The van der Waals surface area contributed by atoms with Crippen LogP contribution in [0.1, 0.15) is 27.5 Å². The molecule has 5 N–H and O–H groups in total. The number of halogens is 2. The Labute approximate surface area is 101 Å². The molecule has 0 saturated carbocycles. The highest BCUT2D eigenvalue weighted by Gasteiger charge is 2.39. The molecule has 18 heavy (non-hydrogen) atoms. The Morgan fingerprint density at radius 3 is 2.50 bits per heavy atom. The van der Waals surface area contributed by atoms with Crippen molar-refractivity contribution in [3.63, 3.8) is 0 Å². The van der Waals surface area contributed by atoms with Crippen LogP contribution >= 0.6 is 0 Å². The Bertz CT molecular complexity index is 476. The van der Waals surface area contributed by atoms with Crippen molar-refractivity contribution in [2.75, 3.05) is 6.61 Å². The lowest BCUT2D eigenvalue weighted by atomic mass is 9.96. The van der Waals surface area contributed by atoms with E-state index < -0.39 is 41.4 Å². The molecule has 1 atom stereocenters. The van der Waals surface area contributed by atoms with Crippen LogP contribution in [0.4, 0.5) is 8.78 Å². The van der Waals surface area contributed by atoms with Gasteiger partial charge < -0.3 is 21.1 Å². The van der Waals surface area contributed by atoms with Gasteiger partial charge in [-0.2, -0.15) is 0 Å². The molecule has 0 aliphatic heterocycles. The summed E-state index contributed by atoms with van der Waals surface area (Å²) in [5.74, 6) is -5.91. The Kier molecular flexibility index (Phi) is 3.88. The number of aryl methyl sites for hydroxylation is 1. The average molecular weight is 261 g/mol. The summed E-state index contributed by atoms with van der Waals surface area (Å²) in [4.78, 5) is 10.8. The standard InChI is InChI=1S/C11H13F2NO4/c1-5-2-6(9(14)11(12,13)4-15)8(16)7(3-5)10(17)18/h2-3,9,15-16H,4,14H2,1H3,(H,17,18)/t9-/m1/s1. The summed E-state index contributed by atoms with van der Waals surface area (Å²) in [5, 5.41) is 27.0. The average Bonchev–Trinajstić information content (AvgIpc) is 2.30. The van der Waals surface area contributed by atoms with Crippen molar-refractivity contribution in [2.45, 2.75) is 18.9 Å². The van der Waals surface area contributed by atoms with Crippen LogP contribution in [0.15, 0.2) is 12.1 Å². The number of benzene rings is 1. The first-order chi connectivity index (χ1) is 8.20. The van der Waals surface area contributed by atoms with Crippen LogP contribution in [-0.4, -0.2) is 33.8 Å². The normalized spacial score (nSPS) is 13.4. The second-order valence-corrected chi connectivity index (χ2v) is 3.95. The van der Waals surface area contributed by atoms with E-state index in [2.05, 4.69) is 0 Å². The monoisotopic (exact) mass is 261 g/mol. The summed E-state index contributed by atoms with van der Waals surface area (Å²) in [6, 6.07) is 0.321. The molecule has 0 amide bonds. The predicted octanol–water partition coefficient (Wildman–Crippen LogP) is 1.03. The molecule has 1 rings (SSSR count). The van der Waals surface area contributed by atoms with Crippen LogP contribution in [0.3, 0.4) is 0 Å². The minimum Gasteiger partial charge on any atom is -0.507 e. The number of hydrogen-bond donors (Lipinski definition) is 4. The Hall–Kier alpha value is -1.73. The van der Waals surface area contributed by atoms with Gasteiger partial charge in [-0.25, -0.2) is 13.6 Å². The number of rotatable bonds is 4. The molecule has 1 aromatic rings. The van der Waals surface area contributed by atoms with Crippen LogP contribution in [-0.2, 0) is 0 Å². The van der Waals surface area contributed by atoms with Gasteiger partial charge >= 0.3 is 5.97 Å². The van der Waals surface area contributed by atoms with Crippen molar-refractivity contribution in [3.05, 3.63) is 28.8 Å². The lowest BCUT2D eigenvalue weighted by molar-refractivity contribution is -0.0716. The van der Waals surface area contributed by atoms with Gasteiger partial charge in [0.2, 0.25) is 0 Å². The van der Waals surface area contributed by atoms with Crippen molar-refractivity contribution >= 4 is 5.97 Å². The minimum atomic E-state index is -3.65. The van der Waals surface area contributed by atoms with E-state index in [9.17, 15) is 18.7 Å². The van der Waals surface area contributed by atoms with Gasteiger partial charge in [-0.05, 0) is 18.6 Å². The fraction of sp³-hybridized carbons (Fsp3) is 0.364. The number of carboxylic acids is 1. The fourth-order valence-corrected chi connectivity index (χ4v) is 1.53. The van der Waals surface area contributed by atoms with E-state index in [1.54, 1.807) is 0 Å². The molecule has 0 aliphatic rings. The molecule has 1 aromatic carbocycles. The lowest BCUT2D eigenvalue weighted by Crippen LogP contribution is -2.36.